The molecular formula is C17H17BrClFN6O2. The van der Waals surface area contributed by atoms with E-state index in [0.717, 1.165) is 0 Å². The largest absolute Gasteiger partial charge is 0.394 e. The topological polar surface area (TPSA) is 108 Å². The Bertz CT molecular complexity index is 937. The predicted molar refractivity (Wildman–Crippen MR) is 107 cm³/mol. The van der Waals surface area contributed by atoms with Crippen molar-refractivity contribution < 1.29 is 14.6 Å². The minimum atomic E-state index is -0.625. The molecule has 2 aromatic heterocycles. The Kier molecular flexibility index (Phi) is 6.79. The normalized spacial score (nSPS) is 12.0. The fraction of sp³-hybridized carbons (Fsp3) is 0.235. The van der Waals surface area contributed by atoms with Gasteiger partial charge in [-0.25, -0.2) is 9.37 Å². The lowest BCUT2D eigenvalue weighted by molar-refractivity contribution is 0.269. The molecule has 0 aliphatic heterocycles. The maximum atomic E-state index is 13.7. The van der Waals surface area contributed by atoms with Crippen molar-refractivity contribution in [3.63, 3.8) is 0 Å². The molecule has 1 atom stereocenters. The summed E-state index contributed by atoms with van der Waals surface area (Å²) >= 11 is 9.41. The fourth-order valence-electron chi connectivity index (χ4n) is 2.49. The Morgan fingerprint density at radius 3 is 2.79 bits per heavy atom. The van der Waals surface area contributed by atoms with Crippen molar-refractivity contribution in [2.24, 2.45) is 0 Å². The average Bonchev–Trinajstić information content (AvgIpc) is 3.08. The zero-order chi connectivity index (χ0) is 20.1. The number of benzene rings is 1. The fourth-order valence-corrected chi connectivity index (χ4v) is 3.11. The van der Waals surface area contributed by atoms with Gasteiger partial charge in [0.25, 0.3) is 0 Å². The van der Waals surface area contributed by atoms with Crippen LogP contribution in [0.3, 0.4) is 0 Å². The van der Waals surface area contributed by atoms with Crippen molar-refractivity contribution in [2.75, 3.05) is 23.8 Å². The molecule has 148 valence electrons. The Hall–Kier alpha value is -2.27. The van der Waals surface area contributed by atoms with Gasteiger partial charge in [-0.1, -0.05) is 27.5 Å². The average molecular weight is 472 g/mol. The van der Waals surface area contributed by atoms with Gasteiger partial charge in [-0.05, 0) is 23.8 Å². The standard InChI is InChI=1S/C17H17BrClFN6O2/c18-11-3-10(4-12(20)5-11)15(9-28)24-16-14(19)7-21-17(25-16)23-13-6-22-26(8-13)1-2-27/h3-8,15,27-28H,1-2,9H2,(H2,21,23,24,25)/t15-/m1/s1. The number of hydrogen-bond acceptors (Lipinski definition) is 7. The summed E-state index contributed by atoms with van der Waals surface area (Å²) in [5, 5.41) is 29.0. The highest BCUT2D eigenvalue weighted by molar-refractivity contribution is 9.10. The van der Waals surface area contributed by atoms with Gasteiger partial charge in [-0.15, -0.1) is 0 Å². The van der Waals surface area contributed by atoms with Crippen LogP contribution in [0.15, 0.2) is 41.3 Å². The molecule has 0 amide bonds. The molecule has 3 rings (SSSR count). The third-order valence-corrected chi connectivity index (χ3v) is 4.48. The summed E-state index contributed by atoms with van der Waals surface area (Å²) in [4.78, 5) is 8.43. The molecule has 4 N–H and O–H groups in total. The molecule has 28 heavy (non-hydrogen) atoms. The third-order valence-electron chi connectivity index (χ3n) is 3.74. The van der Waals surface area contributed by atoms with E-state index in [9.17, 15) is 9.50 Å². The highest BCUT2D eigenvalue weighted by Crippen LogP contribution is 2.27. The molecule has 0 spiro atoms. The second kappa shape index (κ2) is 9.28. The number of anilines is 3. The Morgan fingerprint density at radius 1 is 1.25 bits per heavy atom. The molecule has 0 aliphatic rings. The molecule has 0 saturated carbocycles. The zero-order valence-electron chi connectivity index (χ0n) is 14.5. The maximum absolute atomic E-state index is 13.7. The molecule has 0 fully saturated rings. The van der Waals surface area contributed by atoms with Crippen LogP contribution in [-0.2, 0) is 6.54 Å². The first kappa shape index (κ1) is 20.5. The van der Waals surface area contributed by atoms with Crippen LogP contribution in [0.1, 0.15) is 11.6 Å². The van der Waals surface area contributed by atoms with Crippen molar-refractivity contribution >= 4 is 45.0 Å². The lowest BCUT2D eigenvalue weighted by atomic mass is 10.1. The molecule has 0 saturated heterocycles. The smallest absolute Gasteiger partial charge is 0.229 e. The number of nitrogens with one attached hydrogen (secondary N) is 2. The van der Waals surface area contributed by atoms with Gasteiger partial charge in [0.2, 0.25) is 5.95 Å². The quantitative estimate of drug-likeness (QED) is 0.400. The zero-order valence-corrected chi connectivity index (χ0v) is 16.8. The van der Waals surface area contributed by atoms with E-state index in [-0.39, 0.29) is 30.0 Å². The lowest BCUT2D eigenvalue weighted by Gasteiger charge is -2.19. The van der Waals surface area contributed by atoms with E-state index in [4.69, 9.17) is 16.7 Å². The van der Waals surface area contributed by atoms with Crippen LogP contribution in [0, 0.1) is 5.82 Å². The molecule has 1 aromatic carbocycles. The first-order chi connectivity index (χ1) is 13.5. The predicted octanol–water partition coefficient (Wildman–Crippen LogP) is 3.11. The molecule has 3 aromatic rings. The molecule has 0 aliphatic carbocycles. The number of hydrogen-bond donors (Lipinski definition) is 4. The van der Waals surface area contributed by atoms with E-state index >= 15 is 0 Å². The van der Waals surface area contributed by atoms with E-state index in [1.54, 1.807) is 23.1 Å². The summed E-state index contributed by atoms with van der Waals surface area (Å²) in [5.41, 5.74) is 1.17. The lowest BCUT2D eigenvalue weighted by Crippen LogP contribution is -2.17. The van der Waals surface area contributed by atoms with Crippen molar-refractivity contribution in [3.05, 3.63) is 57.7 Å². The highest BCUT2D eigenvalue weighted by atomic mass is 79.9. The van der Waals surface area contributed by atoms with Crippen LogP contribution < -0.4 is 10.6 Å². The van der Waals surface area contributed by atoms with Gasteiger partial charge in [0.15, 0.2) is 5.82 Å². The Morgan fingerprint density at radius 2 is 2.07 bits per heavy atom. The van der Waals surface area contributed by atoms with Crippen LogP contribution in [0.25, 0.3) is 0 Å². The second-order valence-electron chi connectivity index (χ2n) is 5.81. The van der Waals surface area contributed by atoms with Crippen LogP contribution in [0.5, 0.6) is 0 Å². The SMILES string of the molecule is OCCn1cc(Nc2ncc(Cl)c(N[C@H](CO)c3cc(F)cc(Br)c3)n2)cn1. The number of aromatic nitrogens is 4. The van der Waals surface area contributed by atoms with Crippen LogP contribution >= 0.6 is 27.5 Å². The molecule has 0 unspecified atom stereocenters. The van der Waals surface area contributed by atoms with Crippen molar-refractivity contribution in [1.82, 2.24) is 19.7 Å². The molecule has 2 heterocycles. The van der Waals surface area contributed by atoms with E-state index in [0.29, 0.717) is 22.3 Å². The van der Waals surface area contributed by atoms with Gasteiger partial charge in [0, 0.05) is 10.7 Å². The Balaban J connectivity index is 1.79. The van der Waals surface area contributed by atoms with E-state index in [2.05, 4.69) is 41.6 Å². The van der Waals surface area contributed by atoms with E-state index < -0.39 is 11.9 Å². The summed E-state index contributed by atoms with van der Waals surface area (Å²) in [6.45, 7) is 0.0512. The van der Waals surface area contributed by atoms with Crippen molar-refractivity contribution in [2.45, 2.75) is 12.6 Å². The molecule has 11 heteroatoms. The van der Waals surface area contributed by atoms with Crippen LogP contribution in [0.2, 0.25) is 5.02 Å². The maximum Gasteiger partial charge on any atom is 0.229 e. The van der Waals surface area contributed by atoms with E-state index in [1.807, 2.05) is 0 Å². The van der Waals surface area contributed by atoms with Crippen molar-refractivity contribution in [3.8, 4) is 0 Å². The molecule has 8 nitrogen and oxygen atoms in total. The van der Waals surface area contributed by atoms with Gasteiger partial charge in [0.05, 0.1) is 43.9 Å². The van der Waals surface area contributed by atoms with E-state index in [1.165, 1.54) is 18.3 Å². The van der Waals surface area contributed by atoms with Crippen LogP contribution in [0.4, 0.5) is 21.8 Å². The number of nitrogens with zero attached hydrogens (tertiary/aromatic N) is 4. The minimum absolute atomic E-state index is 0.0224. The first-order valence-electron chi connectivity index (χ1n) is 8.24. The van der Waals surface area contributed by atoms with Crippen LogP contribution in [-0.4, -0.2) is 43.2 Å². The summed E-state index contributed by atoms with van der Waals surface area (Å²) in [7, 11) is 0. The summed E-state index contributed by atoms with van der Waals surface area (Å²) in [5.74, 6) is 0.106. The van der Waals surface area contributed by atoms with Crippen molar-refractivity contribution in [1.29, 1.82) is 0 Å². The van der Waals surface area contributed by atoms with Gasteiger partial charge in [-0.2, -0.15) is 10.1 Å². The number of aliphatic hydroxyl groups excluding tert-OH is 2. The van der Waals surface area contributed by atoms with Gasteiger partial charge >= 0.3 is 0 Å². The van der Waals surface area contributed by atoms with Gasteiger partial charge in [-0.3, -0.25) is 4.68 Å². The Labute approximate surface area is 173 Å². The van der Waals surface area contributed by atoms with Gasteiger partial charge in [0.1, 0.15) is 10.8 Å². The second-order valence-corrected chi connectivity index (χ2v) is 7.14. The molecular weight excluding hydrogens is 455 g/mol. The molecule has 0 bridgehead atoms. The monoisotopic (exact) mass is 470 g/mol. The minimum Gasteiger partial charge on any atom is -0.394 e. The summed E-state index contributed by atoms with van der Waals surface area (Å²) < 4.78 is 15.8. The molecule has 0 radical (unpaired) electrons. The van der Waals surface area contributed by atoms with Gasteiger partial charge < -0.3 is 20.8 Å². The third kappa shape index (κ3) is 5.16. The number of aliphatic hydroxyl groups is 2. The number of rotatable bonds is 8. The number of halogens is 3. The first-order valence-corrected chi connectivity index (χ1v) is 9.42. The highest BCUT2D eigenvalue weighted by Gasteiger charge is 2.16. The summed E-state index contributed by atoms with van der Waals surface area (Å²) in [6, 6.07) is 3.72. The summed E-state index contributed by atoms with van der Waals surface area (Å²) in [6.07, 6.45) is 4.68.